The lowest BCUT2D eigenvalue weighted by Gasteiger charge is -2.26. The number of anilines is 2. The van der Waals surface area contributed by atoms with E-state index in [1.54, 1.807) is 0 Å². The predicted octanol–water partition coefficient (Wildman–Crippen LogP) is 3.70. The fourth-order valence-corrected chi connectivity index (χ4v) is 3.82. The van der Waals surface area contributed by atoms with Gasteiger partial charge in [-0.2, -0.15) is 5.26 Å². The van der Waals surface area contributed by atoms with Gasteiger partial charge in [0.25, 0.3) is 0 Å². The quantitative estimate of drug-likeness (QED) is 0.786. The van der Waals surface area contributed by atoms with Gasteiger partial charge in [-0.25, -0.2) is 9.97 Å². The second-order valence-electron chi connectivity index (χ2n) is 6.82. The normalized spacial score (nSPS) is 19.7. The highest BCUT2D eigenvalue weighted by Crippen LogP contribution is 2.38. The zero-order chi connectivity index (χ0) is 17.4. The molecule has 4 rings (SSSR count). The van der Waals surface area contributed by atoms with Gasteiger partial charge in [-0.1, -0.05) is 0 Å². The minimum atomic E-state index is 0.427. The summed E-state index contributed by atoms with van der Waals surface area (Å²) in [4.78, 5) is 13.8. The Morgan fingerprint density at radius 3 is 2.84 bits per heavy atom. The molecule has 2 fully saturated rings. The van der Waals surface area contributed by atoms with Crippen LogP contribution in [0.25, 0.3) is 0 Å². The van der Waals surface area contributed by atoms with Crippen molar-refractivity contribution >= 4 is 27.4 Å². The van der Waals surface area contributed by atoms with E-state index in [1.807, 2.05) is 30.5 Å². The van der Waals surface area contributed by atoms with Crippen LogP contribution in [0.5, 0.6) is 0 Å². The molecule has 1 aliphatic carbocycles. The number of hydrogen-bond acceptors (Lipinski definition) is 5. The highest BCUT2D eigenvalue weighted by molar-refractivity contribution is 9.10. The first-order valence-electron chi connectivity index (χ1n) is 8.66. The fraction of sp³-hybridized carbons (Fsp3) is 0.421. The summed E-state index contributed by atoms with van der Waals surface area (Å²) in [5, 5.41) is 9.07. The molecular weight excluding hydrogens is 378 g/mol. The van der Waals surface area contributed by atoms with Gasteiger partial charge in [0.2, 0.25) is 0 Å². The summed E-state index contributed by atoms with van der Waals surface area (Å²) in [7, 11) is 2.13. The van der Waals surface area contributed by atoms with E-state index in [9.17, 15) is 0 Å². The Kier molecular flexibility index (Phi) is 4.34. The predicted molar refractivity (Wildman–Crippen MR) is 102 cm³/mol. The van der Waals surface area contributed by atoms with Gasteiger partial charge < -0.3 is 9.80 Å². The van der Waals surface area contributed by atoms with Crippen LogP contribution in [-0.4, -0.2) is 36.1 Å². The van der Waals surface area contributed by atoms with Crippen molar-refractivity contribution in [3.05, 3.63) is 46.3 Å². The van der Waals surface area contributed by atoms with Crippen LogP contribution >= 0.6 is 15.9 Å². The van der Waals surface area contributed by atoms with Gasteiger partial charge in [-0.3, -0.25) is 0 Å². The second kappa shape index (κ2) is 6.64. The fourth-order valence-electron chi connectivity index (χ4n) is 3.37. The zero-order valence-corrected chi connectivity index (χ0v) is 15.8. The van der Waals surface area contributed by atoms with E-state index in [1.165, 1.54) is 12.8 Å². The standard InChI is InChI=1S/C19H20BrN5/c1-24(18-6-8-22-19(23-18)13-2-3-13)16-7-9-25(12-16)15-5-4-14(11-21)17(20)10-15/h4-6,8,10,13,16H,2-3,7,9,12H2,1H3. The number of halogens is 1. The van der Waals surface area contributed by atoms with Crippen molar-refractivity contribution in [2.24, 2.45) is 0 Å². The van der Waals surface area contributed by atoms with E-state index >= 15 is 0 Å². The monoisotopic (exact) mass is 397 g/mol. The minimum Gasteiger partial charge on any atom is -0.369 e. The molecule has 128 valence electrons. The molecule has 0 N–H and O–H groups in total. The van der Waals surface area contributed by atoms with Crippen LogP contribution in [0, 0.1) is 11.3 Å². The second-order valence-corrected chi connectivity index (χ2v) is 7.68. The molecule has 1 saturated carbocycles. The summed E-state index contributed by atoms with van der Waals surface area (Å²) < 4.78 is 0.856. The van der Waals surface area contributed by atoms with E-state index in [2.05, 4.69) is 43.8 Å². The summed E-state index contributed by atoms with van der Waals surface area (Å²) >= 11 is 3.49. The number of rotatable bonds is 4. The van der Waals surface area contributed by atoms with Crippen LogP contribution in [0.2, 0.25) is 0 Å². The number of likely N-dealkylation sites (N-methyl/N-ethyl adjacent to an activating group) is 1. The van der Waals surface area contributed by atoms with Crippen LogP contribution < -0.4 is 9.80 Å². The van der Waals surface area contributed by atoms with E-state index in [4.69, 9.17) is 10.2 Å². The minimum absolute atomic E-state index is 0.427. The Bertz CT molecular complexity index is 827. The average molecular weight is 398 g/mol. The molecular formula is C19H20BrN5. The van der Waals surface area contributed by atoms with Gasteiger partial charge >= 0.3 is 0 Å². The first kappa shape index (κ1) is 16.3. The number of nitrogens with zero attached hydrogens (tertiary/aromatic N) is 5. The van der Waals surface area contributed by atoms with Gasteiger partial charge in [-0.15, -0.1) is 0 Å². The summed E-state index contributed by atoms with van der Waals surface area (Å²) in [6, 6.07) is 10.6. The van der Waals surface area contributed by atoms with Crippen LogP contribution in [0.15, 0.2) is 34.9 Å². The maximum Gasteiger partial charge on any atom is 0.133 e. The van der Waals surface area contributed by atoms with E-state index in [0.29, 0.717) is 17.5 Å². The lowest BCUT2D eigenvalue weighted by Crippen LogP contribution is -2.35. The molecule has 2 aromatic rings. The zero-order valence-electron chi connectivity index (χ0n) is 14.2. The van der Waals surface area contributed by atoms with Crippen LogP contribution in [0.3, 0.4) is 0 Å². The molecule has 2 aliphatic rings. The SMILES string of the molecule is CN(c1ccnc(C2CC2)n1)C1CCN(c2ccc(C#N)c(Br)c2)C1. The Labute approximate surface area is 156 Å². The van der Waals surface area contributed by atoms with Crippen molar-refractivity contribution in [2.75, 3.05) is 29.9 Å². The molecule has 0 amide bonds. The Morgan fingerprint density at radius 2 is 2.12 bits per heavy atom. The third kappa shape index (κ3) is 3.34. The Balaban J connectivity index is 1.47. The molecule has 0 radical (unpaired) electrons. The molecule has 5 nitrogen and oxygen atoms in total. The average Bonchev–Trinajstić information content (AvgIpc) is 3.38. The molecule has 1 unspecified atom stereocenters. The van der Waals surface area contributed by atoms with Crippen molar-refractivity contribution in [2.45, 2.75) is 31.2 Å². The van der Waals surface area contributed by atoms with Crippen LogP contribution in [0.4, 0.5) is 11.5 Å². The van der Waals surface area contributed by atoms with E-state index < -0.39 is 0 Å². The topological polar surface area (TPSA) is 56.1 Å². The summed E-state index contributed by atoms with van der Waals surface area (Å²) in [6.45, 7) is 1.96. The smallest absolute Gasteiger partial charge is 0.133 e. The first-order chi connectivity index (χ1) is 12.2. The lowest BCUT2D eigenvalue weighted by atomic mass is 10.2. The molecule has 1 aromatic carbocycles. The number of benzene rings is 1. The van der Waals surface area contributed by atoms with E-state index in [-0.39, 0.29) is 0 Å². The van der Waals surface area contributed by atoms with Gasteiger partial charge in [0.1, 0.15) is 17.7 Å². The largest absolute Gasteiger partial charge is 0.369 e. The maximum absolute atomic E-state index is 9.07. The summed E-state index contributed by atoms with van der Waals surface area (Å²) in [5.74, 6) is 2.59. The number of nitriles is 1. The molecule has 2 heterocycles. The molecule has 6 heteroatoms. The Hall–Kier alpha value is -2.13. The van der Waals surface area contributed by atoms with Crippen molar-refractivity contribution in [1.82, 2.24) is 9.97 Å². The van der Waals surface area contributed by atoms with Crippen molar-refractivity contribution in [3.63, 3.8) is 0 Å². The van der Waals surface area contributed by atoms with Gasteiger partial charge in [-0.05, 0) is 59.5 Å². The summed E-state index contributed by atoms with van der Waals surface area (Å²) in [6.07, 6.45) is 5.42. The van der Waals surface area contributed by atoms with Gasteiger partial charge in [0, 0.05) is 48.5 Å². The number of aromatic nitrogens is 2. The third-order valence-corrected chi connectivity index (χ3v) is 5.77. The van der Waals surface area contributed by atoms with Crippen molar-refractivity contribution in [3.8, 4) is 6.07 Å². The first-order valence-corrected chi connectivity index (χ1v) is 9.45. The maximum atomic E-state index is 9.07. The molecule has 1 saturated heterocycles. The molecule has 0 spiro atoms. The summed E-state index contributed by atoms with van der Waals surface area (Å²) in [5.41, 5.74) is 1.83. The molecule has 25 heavy (non-hydrogen) atoms. The van der Waals surface area contributed by atoms with Crippen molar-refractivity contribution in [1.29, 1.82) is 5.26 Å². The number of hydrogen-bond donors (Lipinski definition) is 0. The lowest BCUT2D eigenvalue weighted by molar-refractivity contribution is 0.680. The van der Waals surface area contributed by atoms with Gasteiger partial charge in [0.05, 0.1) is 5.56 Å². The van der Waals surface area contributed by atoms with E-state index in [0.717, 1.165) is 41.3 Å². The molecule has 1 atom stereocenters. The van der Waals surface area contributed by atoms with Gasteiger partial charge in [0.15, 0.2) is 0 Å². The third-order valence-electron chi connectivity index (χ3n) is 5.11. The Morgan fingerprint density at radius 1 is 1.28 bits per heavy atom. The van der Waals surface area contributed by atoms with Crippen molar-refractivity contribution < 1.29 is 0 Å². The highest BCUT2D eigenvalue weighted by atomic mass is 79.9. The molecule has 1 aromatic heterocycles. The molecule has 1 aliphatic heterocycles. The highest BCUT2D eigenvalue weighted by Gasteiger charge is 2.29. The van der Waals surface area contributed by atoms with Crippen LogP contribution in [-0.2, 0) is 0 Å². The van der Waals surface area contributed by atoms with Crippen LogP contribution in [0.1, 0.15) is 36.6 Å². The molecule has 0 bridgehead atoms.